The van der Waals surface area contributed by atoms with Gasteiger partial charge in [-0.3, -0.25) is 0 Å². The highest BCUT2D eigenvalue weighted by atomic mass is 16.7. The van der Waals surface area contributed by atoms with Crippen molar-refractivity contribution in [3.63, 3.8) is 0 Å². The van der Waals surface area contributed by atoms with Gasteiger partial charge in [-0.05, 0) is 40.5 Å². The first-order valence-corrected chi connectivity index (χ1v) is 12.6. The summed E-state index contributed by atoms with van der Waals surface area (Å²) in [6.45, 7) is 20.7. The molecule has 0 N–H and O–H groups in total. The van der Waals surface area contributed by atoms with Gasteiger partial charge in [0.25, 0.3) is 0 Å². The molecular formula is C30H46O3. The molecular weight excluding hydrogens is 408 g/mol. The van der Waals surface area contributed by atoms with Gasteiger partial charge in [0, 0.05) is 18.4 Å². The standard InChI is InChI=1S/C27H38O3.C3H8/c1-19(27(5,6)7)20-12-14-21(15-13-20)29-25(18-26(2,3)4)30-24-16-17-28-23-11-9-8-10-22(23)24;1-3-2/h8-15,19,24-25H,16-18H2,1-7H3;3H2,1-2H3. The van der Waals surface area contributed by atoms with Crippen LogP contribution in [0.25, 0.3) is 0 Å². The summed E-state index contributed by atoms with van der Waals surface area (Å²) >= 11 is 0. The summed E-state index contributed by atoms with van der Waals surface area (Å²) in [5, 5.41) is 0. The molecule has 1 heterocycles. The van der Waals surface area contributed by atoms with Crippen molar-refractivity contribution in [1.29, 1.82) is 0 Å². The third-order valence-corrected chi connectivity index (χ3v) is 5.95. The van der Waals surface area contributed by atoms with Crippen molar-refractivity contribution < 1.29 is 14.2 Å². The van der Waals surface area contributed by atoms with Gasteiger partial charge in [-0.2, -0.15) is 0 Å². The first-order chi connectivity index (χ1) is 15.4. The second-order valence-electron chi connectivity index (χ2n) is 11.5. The monoisotopic (exact) mass is 454 g/mol. The Balaban J connectivity index is 0.00000122. The topological polar surface area (TPSA) is 27.7 Å². The van der Waals surface area contributed by atoms with Crippen LogP contribution < -0.4 is 9.47 Å². The maximum absolute atomic E-state index is 6.53. The van der Waals surface area contributed by atoms with Gasteiger partial charge < -0.3 is 14.2 Å². The molecule has 0 fully saturated rings. The molecule has 0 aliphatic carbocycles. The zero-order chi connectivity index (χ0) is 24.6. The van der Waals surface area contributed by atoms with E-state index in [4.69, 9.17) is 14.2 Å². The van der Waals surface area contributed by atoms with Crippen LogP contribution in [0.4, 0.5) is 0 Å². The fourth-order valence-electron chi connectivity index (χ4n) is 3.74. The Morgan fingerprint density at radius 1 is 0.939 bits per heavy atom. The minimum absolute atomic E-state index is 0.0116. The summed E-state index contributed by atoms with van der Waals surface area (Å²) in [6.07, 6.45) is 2.57. The number of fused-ring (bicyclic) bond motifs is 1. The smallest absolute Gasteiger partial charge is 0.200 e. The summed E-state index contributed by atoms with van der Waals surface area (Å²) in [6, 6.07) is 16.7. The van der Waals surface area contributed by atoms with E-state index in [9.17, 15) is 0 Å². The van der Waals surface area contributed by atoms with Crippen LogP contribution >= 0.6 is 0 Å². The number of rotatable bonds is 6. The number of benzene rings is 2. The summed E-state index contributed by atoms with van der Waals surface area (Å²) in [7, 11) is 0. The summed E-state index contributed by atoms with van der Waals surface area (Å²) in [5.74, 6) is 2.25. The molecule has 0 radical (unpaired) electrons. The Kier molecular flexibility index (Phi) is 9.84. The Morgan fingerprint density at radius 2 is 1.55 bits per heavy atom. The lowest BCUT2D eigenvalue weighted by atomic mass is 9.78. The third kappa shape index (κ3) is 8.70. The minimum atomic E-state index is -0.313. The zero-order valence-electron chi connectivity index (χ0n) is 22.4. The lowest BCUT2D eigenvalue weighted by Gasteiger charge is -2.33. The Bertz CT molecular complexity index is 827. The lowest BCUT2D eigenvalue weighted by Crippen LogP contribution is -2.30. The van der Waals surface area contributed by atoms with Gasteiger partial charge in [0.05, 0.1) is 12.7 Å². The Labute approximate surface area is 202 Å². The van der Waals surface area contributed by atoms with Gasteiger partial charge >= 0.3 is 0 Å². The normalized spacial score (nSPS) is 17.7. The molecule has 3 nitrogen and oxygen atoms in total. The largest absolute Gasteiger partial charge is 0.493 e. The molecule has 0 bridgehead atoms. The van der Waals surface area contributed by atoms with E-state index in [0.29, 0.717) is 12.5 Å². The highest BCUT2D eigenvalue weighted by Gasteiger charge is 2.29. The minimum Gasteiger partial charge on any atom is -0.493 e. The molecule has 0 saturated carbocycles. The molecule has 3 heteroatoms. The Morgan fingerprint density at radius 3 is 2.12 bits per heavy atom. The molecule has 0 amide bonds. The quantitative estimate of drug-likeness (QED) is 0.408. The first-order valence-electron chi connectivity index (χ1n) is 12.6. The predicted molar refractivity (Wildman–Crippen MR) is 139 cm³/mol. The third-order valence-electron chi connectivity index (χ3n) is 5.95. The van der Waals surface area contributed by atoms with E-state index < -0.39 is 0 Å². The molecule has 2 aromatic carbocycles. The summed E-state index contributed by atoms with van der Waals surface area (Å²) < 4.78 is 18.7. The summed E-state index contributed by atoms with van der Waals surface area (Å²) in [5.41, 5.74) is 2.77. The number of hydrogen-bond donors (Lipinski definition) is 0. The van der Waals surface area contributed by atoms with Gasteiger partial charge in [0.1, 0.15) is 11.5 Å². The van der Waals surface area contributed by atoms with Crippen LogP contribution in [0.2, 0.25) is 0 Å². The van der Waals surface area contributed by atoms with Gasteiger partial charge in [-0.25, -0.2) is 0 Å². The number of ether oxygens (including phenoxy) is 3. The SMILES string of the molecule is CC(c1ccc(OC(CC(C)(C)C)OC2CCOc3ccccc32)cc1)C(C)(C)C.CCC. The summed E-state index contributed by atoms with van der Waals surface area (Å²) in [4.78, 5) is 0. The number of para-hydroxylation sites is 1. The fourth-order valence-corrected chi connectivity index (χ4v) is 3.74. The van der Waals surface area contributed by atoms with Crippen molar-refractivity contribution >= 4 is 0 Å². The fraction of sp³-hybridized carbons (Fsp3) is 0.600. The molecule has 2 aromatic rings. The van der Waals surface area contributed by atoms with Gasteiger partial charge in [-0.15, -0.1) is 0 Å². The average molecular weight is 455 g/mol. The van der Waals surface area contributed by atoms with Crippen LogP contribution in [0.15, 0.2) is 48.5 Å². The van der Waals surface area contributed by atoms with Crippen molar-refractivity contribution in [2.24, 2.45) is 10.8 Å². The maximum atomic E-state index is 6.53. The second-order valence-corrected chi connectivity index (χ2v) is 11.5. The predicted octanol–water partition coefficient (Wildman–Crippen LogP) is 8.93. The molecule has 3 rings (SSSR count). The van der Waals surface area contributed by atoms with Crippen molar-refractivity contribution in [1.82, 2.24) is 0 Å². The second kappa shape index (κ2) is 11.9. The zero-order valence-corrected chi connectivity index (χ0v) is 22.4. The maximum Gasteiger partial charge on any atom is 0.200 e. The number of hydrogen-bond acceptors (Lipinski definition) is 3. The molecule has 3 atom stereocenters. The van der Waals surface area contributed by atoms with Gasteiger partial charge in [-0.1, -0.05) is 99.1 Å². The van der Waals surface area contributed by atoms with Crippen molar-refractivity contribution in [2.45, 2.75) is 99.9 Å². The molecule has 33 heavy (non-hydrogen) atoms. The van der Waals surface area contributed by atoms with Gasteiger partial charge in [0.2, 0.25) is 6.29 Å². The van der Waals surface area contributed by atoms with Crippen LogP contribution in [-0.4, -0.2) is 12.9 Å². The average Bonchev–Trinajstić information content (AvgIpc) is 2.73. The Hall–Kier alpha value is -2.00. The highest BCUT2D eigenvalue weighted by Crippen LogP contribution is 2.38. The van der Waals surface area contributed by atoms with Crippen LogP contribution in [0, 0.1) is 10.8 Å². The van der Waals surface area contributed by atoms with E-state index in [-0.39, 0.29) is 23.2 Å². The van der Waals surface area contributed by atoms with E-state index in [0.717, 1.165) is 29.9 Å². The highest BCUT2D eigenvalue weighted by molar-refractivity contribution is 5.36. The van der Waals surface area contributed by atoms with Crippen molar-refractivity contribution in [3.8, 4) is 11.5 Å². The first kappa shape index (κ1) is 27.2. The van der Waals surface area contributed by atoms with E-state index in [1.165, 1.54) is 12.0 Å². The molecule has 0 spiro atoms. The molecule has 184 valence electrons. The van der Waals surface area contributed by atoms with E-state index in [2.05, 4.69) is 92.6 Å². The van der Waals surface area contributed by atoms with Crippen LogP contribution in [-0.2, 0) is 4.74 Å². The molecule has 1 aliphatic heterocycles. The van der Waals surface area contributed by atoms with E-state index >= 15 is 0 Å². The molecule has 0 aromatic heterocycles. The van der Waals surface area contributed by atoms with E-state index in [1.54, 1.807) is 0 Å². The molecule has 3 unspecified atom stereocenters. The molecule has 0 saturated heterocycles. The van der Waals surface area contributed by atoms with Gasteiger partial charge in [0.15, 0.2) is 0 Å². The van der Waals surface area contributed by atoms with E-state index in [1.807, 2.05) is 18.2 Å². The molecule has 1 aliphatic rings. The van der Waals surface area contributed by atoms with Crippen LogP contribution in [0.3, 0.4) is 0 Å². The van der Waals surface area contributed by atoms with Crippen molar-refractivity contribution in [3.05, 3.63) is 59.7 Å². The van der Waals surface area contributed by atoms with Crippen LogP contribution in [0.5, 0.6) is 11.5 Å². The van der Waals surface area contributed by atoms with Crippen LogP contribution in [0.1, 0.15) is 105 Å². The lowest BCUT2D eigenvalue weighted by molar-refractivity contribution is -0.144. The van der Waals surface area contributed by atoms with Crippen molar-refractivity contribution in [2.75, 3.05) is 6.61 Å².